The fourth-order valence-corrected chi connectivity index (χ4v) is 11.0. The van der Waals surface area contributed by atoms with E-state index >= 15 is 0 Å². The maximum absolute atomic E-state index is 2.62. The Balaban J connectivity index is 1.28. The molecule has 0 bridgehead atoms. The van der Waals surface area contributed by atoms with Crippen molar-refractivity contribution in [3.8, 4) is 0 Å². The normalized spacial score (nSPS) is 18.3. The van der Waals surface area contributed by atoms with Crippen molar-refractivity contribution in [3.63, 3.8) is 0 Å². The smallest absolute Gasteiger partial charge is 0.0467 e. The minimum atomic E-state index is 0.111. The van der Waals surface area contributed by atoms with Crippen molar-refractivity contribution >= 4 is 44.3 Å². The average Bonchev–Trinajstić information content (AvgIpc) is 3.27. The molecule has 0 aliphatic heterocycles. The Morgan fingerprint density at radius 3 is 1.53 bits per heavy atom. The molecule has 2 nitrogen and oxygen atoms in total. The lowest BCUT2D eigenvalue weighted by molar-refractivity contribution is 0.445. The summed E-state index contributed by atoms with van der Waals surface area (Å²) in [7, 11) is 0. The second kappa shape index (κ2) is 16.9. The summed E-state index contributed by atoms with van der Waals surface area (Å²) in [6.07, 6.45) is 29.4. The van der Waals surface area contributed by atoms with Crippen LogP contribution in [0.5, 0.6) is 0 Å². The number of hydrogen-bond acceptors (Lipinski definition) is 2. The monoisotopic (exact) mass is 793 g/mol. The number of anilines is 4. The first kappa shape index (κ1) is 40.6. The molecule has 5 aromatic carbocycles. The largest absolute Gasteiger partial charge is 0.314 e. The van der Waals surface area contributed by atoms with E-state index in [4.69, 9.17) is 0 Å². The molecule has 0 atom stereocenters. The maximum Gasteiger partial charge on any atom is 0.0467 e. The van der Waals surface area contributed by atoms with Crippen molar-refractivity contribution in [2.45, 2.75) is 149 Å². The van der Waals surface area contributed by atoms with Gasteiger partial charge >= 0.3 is 0 Å². The van der Waals surface area contributed by atoms with E-state index < -0.39 is 0 Å². The van der Waals surface area contributed by atoms with Gasteiger partial charge in [-0.1, -0.05) is 146 Å². The van der Waals surface area contributed by atoms with Crippen molar-refractivity contribution < 1.29 is 0 Å². The van der Waals surface area contributed by atoms with Gasteiger partial charge in [-0.15, -0.1) is 0 Å². The van der Waals surface area contributed by atoms with E-state index in [1.807, 2.05) is 0 Å². The Morgan fingerprint density at radius 2 is 1.03 bits per heavy atom. The molecule has 0 N–H and O–H groups in total. The molecule has 60 heavy (non-hydrogen) atoms. The van der Waals surface area contributed by atoms with Gasteiger partial charge in [0.2, 0.25) is 0 Å². The molecule has 0 spiro atoms. The maximum atomic E-state index is 2.62. The Labute approximate surface area is 361 Å². The molecule has 4 aliphatic carbocycles. The van der Waals surface area contributed by atoms with Crippen LogP contribution < -0.4 is 9.80 Å². The summed E-state index contributed by atoms with van der Waals surface area (Å²) in [5.41, 5.74) is 14.1. The number of nitrogens with zero attached hydrogens (tertiary/aromatic N) is 2. The highest BCUT2D eigenvalue weighted by Gasteiger charge is 2.29. The van der Waals surface area contributed by atoms with Crippen LogP contribution in [0, 0.1) is 5.41 Å². The van der Waals surface area contributed by atoms with Crippen LogP contribution in [0.4, 0.5) is 22.7 Å². The SMILES string of the molecule is CC(C)(C)C1=CC=C(N(c2ccccc2)c2ccc3c(C4CCCCC4)c4cc(N(C5=CCCC=C5)c5ccc(C(C)(C)C)cc5)ccc4c(C4CCCCC4)c3c2)CC1. The van der Waals surface area contributed by atoms with Crippen molar-refractivity contribution in [1.29, 1.82) is 0 Å². The second-order valence-corrected chi connectivity index (χ2v) is 20.5. The standard InChI is InChI=1S/C58H68N2/c1-57(2,3)43-27-31-47(32-28-43)59(45-23-15-9-16-24-45)49-35-37-51-53(39-49)55(41-19-11-7-12-20-41)52-38-36-50(40-54(52)56(51)42-21-13-8-14-22-42)60(46-25-17-10-18-26-46)48-33-29-44(30-34-48)58(4,5)6/h9,15-17,23-27,29-31,33-42H,7-8,10-14,18-22,28,32H2,1-6H3. The van der Waals surface area contributed by atoms with Gasteiger partial charge in [-0.05, 0) is 173 Å². The van der Waals surface area contributed by atoms with Gasteiger partial charge in [0.25, 0.3) is 0 Å². The van der Waals surface area contributed by atoms with E-state index in [2.05, 4.69) is 173 Å². The lowest BCUT2D eigenvalue weighted by atomic mass is 9.74. The van der Waals surface area contributed by atoms with Gasteiger partial charge in [-0.2, -0.15) is 0 Å². The van der Waals surface area contributed by atoms with Crippen LogP contribution in [0.1, 0.15) is 160 Å². The van der Waals surface area contributed by atoms with Crippen molar-refractivity contribution in [1.82, 2.24) is 0 Å². The highest BCUT2D eigenvalue weighted by Crippen LogP contribution is 2.50. The quantitative estimate of drug-likeness (QED) is 0.144. The third kappa shape index (κ3) is 8.16. The first-order valence-corrected chi connectivity index (χ1v) is 23.6. The Bertz CT molecular complexity index is 2450. The summed E-state index contributed by atoms with van der Waals surface area (Å²) in [5.74, 6) is 1.12. The Kier molecular flexibility index (Phi) is 11.4. The third-order valence-electron chi connectivity index (χ3n) is 14.3. The molecule has 2 heteroatoms. The molecule has 5 aromatic rings. The van der Waals surface area contributed by atoms with Crippen LogP contribution in [-0.4, -0.2) is 0 Å². The molecule has 2 saturated carbocycles. The molecule has 0 radical (unpaired) electrons. The highest BCUT2D eigenvalue weighted by molar-refractivity contribution is 6.09. The molecule has 2 fully saturated rings. The van der Waals surface area contributed by atoms with Gasteiger partial charge in [0.1, 0.15) is 0 Å². The van der Waals surface area contributed by atoms with Crippen molar-refractivity contribution in [2.75, 3.05) is 9.80 Å². The van der Waals surface area contributed by atoms with Gasteiger partial charge in [0.05, 0.1) is 0 Å². The average molecular weight is 793 g/mol. The van der Waals surface area contributed by atoms with Crippen LogP contribution in [0.2, 0.25) is 0 Å². The third-order valence-corrected chi connectivity index (χ3v) is 14.3. The van der Waals surface area contributed by atoms with Crippen LogP contribution >= 0.6 is 0 Å². The van der Waals surface area contributed by atoms with Crippen LogP contribution in [0.15, 0.2) is 138 Å². The molecule has 0 aromatic heterocycles. The number of allylic oxidation sites excluding steroid dienone is 7. The molecule has 310 valence electrons. The first-order chi connectivity index (χ1) is 29.0. The van der Waals surface area contributed by atoms with Crippen LogP contribution in [-0.2, 0) is 5.41 Å². The molecule has 0 heterocycles. The minimum Gasteiger partial charge on any atom is -0.314 e. The van der Waals surface area contributed by atoms with Crippen LogP contribution in [0.25, 0.3) is 21.5 Å². The lowest BCUT2D eigenvalue weighted by Crippen LogP contribution is -2.20. The Morgan fingerprint density at radius 1 is 0.483 bits per heavy atom. The van der Waals surface area contributed by atoms with Gasteiger partial charge in [-0.3, -0.25) is 0 Å². The highest BCUT2D eigenvalue weighted by atomic mass is 15.2. The zero-order chi connectivity index (χ0) is 41.4. The van der Waals surface area contributed by atoms with Gasteiger partial charge in [-0.25, -0.2) is 0 Å². The zero-order valence-corrected chi connectivity index (χ0v) is 37.5. The summed E-state index contributed by atoms with van der Waals surface area (Å²) in [6.45, 7) is 14.0. The molecular weight excluding hydrogens is 725 g/mol. The van der Waals surface area contributed by atoms with Crippen LogP contribution in [0.3, 0.4) is 0 Å². The van der Waals surface area contributed by atoms with E-state index in [0.29, 0.717) is 11.8 Å². The summed E-state index contributed by atoms with van der Waals surface area (Å²) < 4.78 is 0. The number of benzene rings is 5. The van der Waals surface area contributed by atoms with Gasteiger partial charge < -0.3 is 9.80 Å². The summed E-state index contributed by atoms with van der Waals surface area (Å²) in [6, 6.07) is 35.8. The number of rotatable bonds is 8. The van der Waals surface area contributed by atoms with Crippen molar-refractivity contribution in [2.24, 2.45) is 5.41 Å². The number of para-hydroxylation sites is 1. The molecule has 9 rings (SSSR count). The Hall–Kier alpha value is -4.82. The summed E-state index contributed by atoms with van der Waals surface area (Å²) in [5, 5.41) is 5.98. The van der Waals surface area contributed by atoms with E-state index in [1.54, 1.807) is 11.1 Å². The van der Waals surface area contributed by atoms with E-state index in [0.717, 1.165) is 25.7 Å². The van der Waals surface area contributed by atoms with Gasteiger partial charge in [0.15, 0.2) is 0 Å². The van der Waals surface area contributed by atoms with Gasteiger partial charge in [0, 0.05) is 34.1 Å². The number of hydrogen-bond donors (Lipinski definition) is 0. The summed E-state index contributed by atoms with van der Waals surface area (Å²) >= 11 is 0. The fraction of sp³-hybridized carbons (Fsp3) is 0.414. The zero-order valence-electron chi connectivity index (χ0n) is 37.5. The molecule has 0 saturated heterocycles. The van der Waals surface area contributed by atoms with Crippen molar-refractivity contribution in [3.05, 3.63) is 155 Å². The molecule has 0 amide bonds. The minimum absolute atomic E-state index is 0.111. The molecule has 4 aliphatic rings. The lowest BCUT2D eigenvalue weighted by Gasteiger charge is -2.34. The first-order valence-electron chi connectivity index (χ1n) is 23.6. The van der Waals surface area contributed by atoms with E-state index in [-0.39, 0.29) is 10.8 Å². The fourth-order valence-electron chi connectivity index (χ4n) is 11.0. The molecule has 0 unspecified atom stereocenters. The molecular formula is C58H68N2. The summed E-state index contributed by atoms with van der Waals surface area (Å²) in [4.78, 5) is 5.11. The van der Waals surface area contributed by atoms with E-state index in [1.165, 1.54) is 131 Å². The topological polar surface area (TPSA) is 6.48 Å². The number of fused-ring (bicyclic) bond motifs is 2. The predicted molar refractivity (Wildman–Crippen MR) is 260 cm³/mol. The second-order valence-electron chi connectivity index (χ2n) is 20.5. The van der Waals surface area contributed by atoms with E-state index in [9.17, 15) is 0 Å². The predicted octanol–water partition coefficient (Wildman–Crippen LogP) is 17.5.